The Balaban J connectivity index is 2.04. The molecule has 1 N–H and O–H groups in total. The van der Waals surface area contributed by atoms with Crippen LogP contribution in [-0.4, -0.2) is 32.5 Å². The Kier molecular flexibility index (Phi) is 5.40. The molecule has 6 nitrogen and oxygen atoms in total. The van der Waals surface area contributed by atoms with Gasteiger partial charge in [0.2, 0.25) is 0 Å². The number of Topliss-reactive ketones (excluding diaryl/α,β-unsaturated/α-hetero) is 1. The van der Waals surface area contributed by atoms with E-state index >= 15 is 0 Å². The first-order valence-electron chi connectivity index (χ1n) is 9.66. The van der Waals surface area contributed by atoms with Crippen molar-refractivity contribution >= 4 is 28.3 Å². The highest BCUT2D eigenvalue weighted by Gasteiger charge is 2.32. The van der Waals surface area contributed by atoms with Gasteiger partial charge in [-0.2, -0.15) is 5.10 Å². The van der Waals surface area contributed by atoms with E-state index in [1.165, 1.54) is 0 Å². The Labute approximate surface area is 165 Å². The summed E-state index contributed by atoms with van der Waals surface area (Å²) in [4.78, 5) is 31.4. The highest BCUT2D eigenvalue weighted by Crippen LogP contribution is 2.27. The first kappa shape index (κ1) is 19.9. The predicted molar refractivity (Wildman–Crippen MR) is 112 cm³/mol. The van der Waals surface area contributed by atoms with E-state index in [2.05, 4.69) is 23.9 Å². The van der Waals surface area contributed by atoms with Gasteiger partial charge in [-0.15, -0.1) is 0 Å². The summed E-state index contributed by atoms with van der Waals surface area (Å²) in [5.74, 6) is -0.617. The minimum Gasteiger partial charge on any atom is -0.361 e. The fourth-order valence-electron chi connectivity index (χ4n) is 3.87. The lowest BCUT2D eigenvalue weighted by molar-refractivity contribution is -0.115. The molecule has 0 saturated heterocycles. The predicted octanol–water partition coefficient (Wildman–Crippen LogP) is 4.17. The average molecular weight is 380 g/mol. The Morgan fingerprint density at radius 1 is 1.18 bits per heavy atom. The topological polar surface area (TPSA) is 71.0 Å². The number of anilines is 1. The number of rotatable bonds is 6. The van der Waals surface area contributed by atoms with Gasteiger partial charge >= 0.3 is 0 Å². The number of carbonyl (C=O) groups is 2. The summed E-state index contributed by atoms with van der Waals surface area (Å²) in [7, 11) is 1.78. The van der Waals surface area contributed by atoms with Crippen LogP contribution in [0.5, 0.6) is 0 Å². The van der Waals surface area contributed by atoms with Crippen LogP contribution in [0.15, 0.2) is 30.5 Å². The van der Waals surface area contributed by atoms with Gasteiger partial charge in [0.1, 0.15) is 0 Å². The number of amides is 1. The molecule has 3 rings (SSSR count). The van der Waals surface area contributed by atoms with E-state index in [-0.39, 0.29) is 6.04 Å². The number of nitrogens with zero attached hydrogens (tertiary/aromatic N) is 3. The summed E-state index contributed by atoms with van der Waals surface area (Å²) < 4.78 is 1.64. The highest BCUT2D eigenvalue weighted by molar-refractivity contribution is 6.47. The molecule has 1 amide bonds. The van der Waals surface area contributed by atoms with Crippen molar-refractivity contribution in [1.82, 2.24) is 14.8 Å². The maximum atomic E-state index is 13.4. The van der Waals surface area contributed by atoms with E-state index < -0.39 is 11.7 Å². The molecule has 0 spiro atoms. The van der Waals surface area contributed by atoms with Gasteiger partial charge in [0.15, 0.2) is 0 Å². The van der Waals surface area contributed by atoms with Gasteiger partial charge in [-0.25, -0.2) is 0 Å². The Bertz CT molecular complexity index is 1030. The van der Waals surface area contributed by atoms with E-state index in [4.69, 9.17) is 0 Å². The number of fused-ring (bicyclic) bond motifs is 1. The molecule has 28 heavy (non-hydrogen) atoms. The number of hydrogen-bond acceptors (Lipinski definition) is 3. The Morgan fingerprint density at radius 2 is 1.89 bits per heavy atom. The molecule has 2 aromatic heterocycles. The van der Waals surface area contributed by atoms with Crippen molar-refractivity contribution < 1.29 is 9.59 Å². The maximum Gasteiger partial charge on any atom is 0.299 e. The summed E-state index contributed by atoms with van der Waals surface area (Å²) in [6.45, 7) is 9.81. The van der Waals surface area contributed by atoms with Crippen LogP contribution in [0.25, 0.3) is 10.9 Å². The number of ketones is 1. The fraction of sp³-hybridized carbons (Fsp3) is 0.409. The first-order chi connectivity index (χ1) is 13.2. The molecule has 1 atom stereocenters. The Morgan fingerprint density at radius 3 is 2.50 bits per heavy atom. The van der Waals surface area contributed by atoms with Crippen LogP contribution in [0.4, 0.5) is 5.69 Å². The number of hydrogen-bond donors (Lipinski definition) is 1. The van der Waals surface area contributed by atoms with Crippen molar-refractivity contribution in [3.63, 3.8) is 0 Å². The Hall–Kier alpha value is -2.89. The molecule has 1 unspecified atom stereocenters. The van der Waals surface area contributed by atoms with Crippen LogP contribution in [0.1, 0.15) is 48.9 Å². The zero-order chi connectivity index (χ0) is 20.6. The van der Waals surface area contributed by atoms with Crippen LogP contribution in [0, 0.1) is 19.8 Å². The van der Waals surface area contributed by atoms with Gasteiger partial charge in [-0.3, -0.25) is 14.3 Å². The monoisotopic (exact) mass is 380 g/mol. The molecular formula is C22H28N4O2. The SMILES string of the molecule is Cc1nn(C)c(C)c1C(=O)C(=O)N(c1ccc2[nH]ccc2c1)C(C)CC(C)C. The smallest absolute Gasteiger partial charge is 0.299 e. The molecule has 0 saturated carbocycles. The summed E-state index contributed by atoms with van der Waals surface area (Å²) in [5, 5.41) is 5.30. The molecule has 148 valence electrons. The third kappa shape index (κ3) is 3.59. The van der Waals surface area contributed by atoms with E-state index in [9.17, 15) is 9.59 Å². The number of benzene rings is 1. The quantitative estimate of drug-likeness (QED) is 0.515. The van der Waals surface area contributed by atoms with Gasteiger partial charge in [0.05, 0.1) is 11.3 Å². The number of H-pyrrole nitrogens is 1. The first-order valence-corrected chi connectivity index (χ1v) is 9.66. The van der Waals surface area contributed by atoms with Crippen LogP contribution < -0.4 is 4.90 Å². The number of aromatic nitrogens is 3. The van der Waals surface area contributed by atoms with Gasteiger partial charge < -0.3 is 9.88 Å². The molecule has 2 heterocycles. The van der Waals surface area contributed by atoms with E-state index in [1.807, 2.05) is 44.3 Å². The zero-order valence-corrected chi connectivity index (χ0v) is 17.4. The summed E-state index contributed by atoms with van der Waals surface area (Å²) >= 11 is 0. The lowest BCUT2D eigenvalue weighted by Gasteiger charge is -2.30. The third-order valence-electron chi connectivity index (χ3n) is 5.22. The third-order valence-corrected chi connectivity index (χ3v) is 5.22. The van der Waals surface area contributed by atoms with Gasteiger partial charge in [-0.05, 0) is 57.4 Å². The molecule has 0 fully saturated rings. The largest absolute Gasteiger partial charge is 0.361 e. The van der Waals surface area contributed by atoms with Crippen LogP contribution >= 0.6 is 0 Å². The number of aryl methyl sites for hydroxylation is 2. The van der Waals surface area contributed by atoms with E-state index in [0.717, 1.165) is 23.0 Å². The van der Waals surface area contributed by atoms with Crippen molar-refractivity contribution in [2.24, 2.45) is 13.0 Å². The lowest BCUT2D eigenvalue weighted by atomic mass is 10.0. The number of nitrogens with one attached hydrogen (secondary N) is 1. The second-order valence-corrected chi connectivity index (χ2v) is 7.90. The van der Waals surface area contributed by atoms with Crippen LogP contribution in [0.3, 0.4) is 0 Å². The minimum atomic E-state index is -0.512. The number of aromatic amines is 1. The van der Waals surface area contributed by atoms with Gasteiger partial charge in [0.25, 0.3) is 11.7 Å². The van der Waals surface area contributed by atoms with Gasteiger partial charge in [-0.1, -0.05) is 13.8 Å². The van der Waals surface area contributed by atoms with Crippen LogP contribution in [-0.2, 0) is 11.8 Å². The summed E-state index contributed by atoms with van der Waals surface area (Å²) in [6, 6.07) is 7.65. The normalized spacial score (nSPS) is 12.5. The van der Waals surface area contributed by atoms with Crippen molar-refractivity contribution in [3.8, 4) is 0 Å². The van der Waals surface area contributed by atoms with E-state index in [0.29, 0.717) is 22.9 Å². The molecule has 0 aliphatic carbocycles. The van der Waals surface area contributed by atoms with E-state index in [1.54, 1.807) is 23.6 Å². The standard InChI is InChI=1S/C22H28N4O2/c1-13(2)11-14(3)26(18-7-8-19-17(12-18)9-10-23-19)22(28)21(27)20-15(4)24-25(6)16(20)5/h7-10,12-14,23H,11H2,1-6H3. The fourth-order valence-corrected chi connectivity index (χ4v) is 3.87. The molecular weight excluding hydrogens is 352 g/mol. The van der Waals surface area contributed by atoms with Crippen molar-refractivity contribution in [1.29, 1.82) is 0 Å². The van der Waals surface area contributed by atoms with Crippen LogP contribution in [0.2, 0.25) is 0 Å². The molecule has 0 aliphatic rings. The van der Waals surface area contributed by atoms with Crippen molar-refractivity contribution in [2.75, 3.05) is 4.90 Å². The number of carbonyl (C=O) groups excluding carboxylic acids is 2. The molecule has 0 radical (unpaired) electrons. The lowest BCUT2D eigenvalue weighted by Crippen LogP contribution is -2.43. The van der Waals surface area contributed by atoms with Gasteiger partial charge in [0, 0.05) is 41.6 Å². The molecule has 6 heteroatoms. The summed E-state index contributed by atoms with van der Waals surface area (Å²) in [6.07, 6.45) is 2.67. The molecule has 0 aliphatic heterocycles. The minimum absolute atomic E-state index is 0.106. The molecule has 0 bridgehead atoms. The molecule has 1 aromatic carbocycles. The second kappa shape index (κ2) is 7.62. The summed E-state index contributed by atoms with van der Waals surface area (Å²) in [5.41, 5.74) is 3.41. The second-order valence-electron chi connectivity index (χ2n) is 7.90. The molecule has 3 aromatic rings. The zero-order valence-electron chi connectivity index (χ0n) is 17.4. The maximum absolute atomic E-state index is 13.4. The highest BCUT2D eigenvalue weighted by atomic mass is 16.2. The van der Waals surface area contributed by atoms with Crippen molar-refractivity contribution in [3.05, 3.63) is 47.4 Å². The average Bonchev–Trinajstić information content (AvgIpc) is 3.17. The van der Waals surface area contributed by atoms with Crippen molar-refractivity contribution in [2.45, 2.75) is 47.1 Å².